The highest BCUT2D eigenvalue weighted by Crippen LogP contribution is 2.41. The van der Waals surface area contributed by atoms with Gasteiger partial charge in [0.15, 0.2) is 0 Å². The molecule has 0 spiro atoms. The summed E-state index contributed by atoms with van der Waals surface area (Å²) in [6.07, 6.45) is 7.51. The number of aliphatic carboxylic acids is 1. The Labute approximate surface area is 245 Å². The van der Waals surface area contributed by atoms with Crippen LogP contribution in [0.1, 0.15) is 70.4 Å². The van der Waals surface area contributed by atoms with Gasteiger partial charge in [-0.25, -0.2) is 0 Å². The molecule has 224 valence electrons. The molecule has 0 aliphatic heterocycles. The number of nitrogens with two attached hydrogens (primary N) is 2. The molecule has 1 aromatic carbocycles. The largest absolute Gasteiger partial charge is 0.496 e. The van der Waals surface area contributed by atoms with E-state index in [-0.39, 0.29) is 62.8 Å². The molecule has 9 nitrogen and oxygen atoms in total. The summed E-state index contributed by atoms with van der Waals surface area (Å²) >= 11 is 0. The summed E-state index contributed by atoms with van der Waals surface area (Å²) in [6, 6.07) is 5.22. The molecule has 0 aliphatic rings. The fourth-order valence-corrected chi connectivity index (χ4v) is 4.09. The highest BCUT2D eigenvalue weighted by Gasteiger charge is 2.45. The van der Waals surface area contributed by atoms with E-state index in [1.165, 1.54) is 25.9 Å². The van der Waals surface area contributed by atoms with Gasteiger partial charge in [0.25, 0.3) is 0 Å². The Balaban J connectivity index is 0. The molecular weight excluding hydrogens is 543 g/mol. The van der Waals surface area contributed by atoms with Gasteiger partial charge >= 0.3 is 5.97 Å². The van der Waals surface area contributed by atoms with Crippen molar-refractivity contribution < 1.29 is 24.2 Å². The Hall–Kier alpha value is -2.33. The number of carboxylic acid groups (broad SMARTS) is 1. The van der Waals surface area contributed by atoms with Crippen LogP contribution in [0.25, 0.3) is 0 Å². The molecule has 11 heteroatoms. The molecule has 1 atom stereocenters. The van der Waals surface area contributed by atoms with Crippen molar-refractivity contribution in [3.05, 3.63) is 41.5 Å². The van der Waals surface area contributed by atoms with E-state index in [1.807, 2.05) is 0 Å². The molecule has 0 saturated heterocycles. The number of carbonyl (C=O) groups excluding carboxylic acids is 2. The van der Waals surface area contributed by atoms with Crippen molar-refractivity contribution in [2.75, 3.05) is 33.3 Å². The normalized spacial score (nSPS) is 11.9. The van der Waals surface area contributed by atoms with Crippen LogP contribution in [-0.4, -0.2) is 61.1 Å². The summed E-state index contributed by atoms with van der Waals surface area (Å²) in [6.45, 7) is 8.61. The van der Waals surface area contributed by atoms with Crippen LogP contribution in [0.2, 0.25) is 0 Å². The van der Waals surface area contributed by atoms with Crippen molar-refractivity contribution in [3.8, 4) is 5.75 Å². The standard InChI is InChI=1S/C28H46N4O5.2ClH/c1-20(2)10-8-6-7-9-11-24(33)31-19-21-12-13-22(23(18-21)37-5)25(28(3,4)27(35)36)26(34)32(16-14-29)17-15-30;;/h8,10,12-13,18,20,25H,6-7,9,11,14-17,19,29-30H2,1-5H3,(H,31,33)(H,35,36);2*1H/b10-8+;;. The number of benzene rings is 1. The first-order valence-corrected chi connectivity index (χ1v) is 13.0. The Bertz CT molecular complexity index is 919. The highest BCUT2D eigenvalue weighted by atomic mass is 35.5. The van der Waals surface area contributed by atoms with Crippen LogP contribution in [0.4, 0.5) is 0 Å². The molecule has 1 aromatic rings. The third kappa shape index (κ3) is 12.6. The van der Waals surface area contributed by atoms with Crippen LogP contribution in [0.15, 0.2) is 30.4 Å². The van der Waals surface area contributed by atoms with Crippen molar-refractivity contribution >= 4 is 42.6 Å². The lowest BCUT2D eigenvalue weighted by Gasteiger charge is -2.35. The second-order valence-electron chi connectivity index (χ2n) is 10.1. The number of allylic oxidation sites excluding steroid dienone is 2. The minimum absolute atomic E-state index is 0. The second-order valence-corrected chi connectivity index (χ2v) is 10.1. The van der Waals surface area contributed by atoms with Crippen LogP contribution in [-0.2, 0) is 20.9 Å². The molecule has 0 radical (unpaired) electrons. The van der Waals surface area contributed by atoms with Crippen molar-refractivity contribution in [2.24, 2.45) is 22.8 Å². The van der Waals surface area contributed by atoms with Crippen LogP contribution in [0.3, 0.4) is 0 Å². The van der Waals surface area contributed by atoms with E-state index in [2.05, 4.69) is 31.3 Å². The maximum atomic E-state index is 13.6. The van der Waals surface area contributed by atoms with E-state index >= 15 is 0 Å². The van der Waals surface area contributed by atoms with E-state index in [1.54, 1.807) is 18.2 Å². The van der Waals surface area contributed by atoms with Gasteiger partial charge in [0, 0.05) is 44.7 Å². The van der Waals surface area contributed by atoms with Crippen molar-refractivity contribution in [3.63, 3.8) is 0 Å². The van der Waals surface area contributed by atoms with Crippen LogP contribution in [0.5, 0.6) is 5.75 Å². The summed E-state index contributed by atoms with van der Waals surface area (Å²) in [5.74, 6) is -1.61. The van der Waals surface area contributed by atoms with Gasteiger partial charge in [0.1, 0.15) is 5.75 Å². The minimum atomic E-state index is -1.42. The second kappa shape index (κ2) is 19.7. The Morgan fingerprint density at radius 1 is 1.10 bits per heavy atom. The Morgan fingerprint density at radius 2 is 1.72 bits per heavy atom. The number of methoxy groups -OCH3 is 1. The molecule has 1 rings (SSSR count). The molecule has 6 N–H and O–H groups in total. The van der Waals surface area contributed by atoms with Gasteiger partial charge in [-0.15, -0.1) is 24.8 Å². The number of ether oxygens (including phenoxy) is 1. The first-order valence-electron chi connectivity index (χ1n) is 13.0. The predicted molar refractivity (Wildman–Crippen MR) is 161 cm³/mol. The Morgan fingerprint density at radius 3 is 2.23 bits per heavy atom. The molecule has 0 bridgehead atoms. The number of carbonyl (C=O) groups is 3. The number of amides is 2. The highest BCUT2D eigenvalue weighted by molar-refractivity contribution is 5.92. The molecule has 39 heavy (non-hydrogen) atoms. The predicted octanol–water partition coefficient (Wildman–Crippen LogP) is 3.87. The molecule has 0 aliphatic carbocycles. The zero-order valence-corrected chi connectivity index (χ0v) is 25.5. The number of unbranched alkanes of at least 4 members (excludes halogenated alkanes) is 2. The topological polar surface area (TPSA) is 148 Å². The van der Waals surface area contributed by atoms with Gasteiger partial charge in [-0.3, -0.25) is 14.4 Å². The molecule has 0 saturated carbocycles. The van der Waals surface area contributed by atoms with Gasteiger partial charge < -0.3 is 31.5 Å². The maximum Gasteiger partial charge on any atom is 0.310 e. The van der Waals surface area contributed by atoms with E-state index in [0.717, 1.165) is 24.8 Å². The lowest BCUT2D eigenvalue weighted by molar-refractivity contribution is -0.153. The van der Waals surface area contributed by atoms with Gasteiger partial charge in [-0.05, 0) is 50.7 Å². The Kier molecular flexibility index (Phi) is 19.6. The first kappa shape index (κ1) is 38.8. The lowest BCUT2D eigenvalue weighted by atomic mass is 9.73. The summed E-state index contributed by atoms with van der Waals surface area (Å²) in [4.78, 5) is 39.5. The fraction of sp³-hybridized carbons (Fsp3) is 0.607. The molecule has 0 aromatic heterocycles. The molecule has 0 fully saturated rings. The van der Waals surface area contributed by atoms with Crippen LogP contribution < -0.4 is 21.5 Å². The number of hydrogen-bond acceptors (Lipinski definition) is 6. The van der Waals surface area contributed by atoms with Crippen molar-refractivity contribution in [2.45, 2.75) is 65.8 Å². The summed E-state index contributed by atoms with van der Waals surface area (Å²) < 4.78 is 5.59. The lowest BCUT2D eigenvalue weighted by Crippen LogP contribution is -2.47. The molecular formula is C28H48Cl2N4O5. The minimum Gasteiger partial charge on any atom is -0.496 e. The molecule has 1 unspecified atom stereocenters. The summed E-state index contributed by atoms with van der Waals surface area (Å²) in [5.41, 5.74) is 11.2. The van der Waals surface area contributed by atoms with E-state index in [9.17, 15) is 19.5 Å². The van der Waals surface area contributed by atoms with Gasteiger partial charge in [-0.1, -0.05) is 38.1 Å². The zero-order chi connectivity index (χ0) is 28.0. The monoisotopic (exact) mass is 590 g/mol. The smallest absolute Gasteiger partial charge is 0.310 e. The number of halogens is 2. The van der Waals surface area contributed by atoms with E-state index in [4.69, 9.17) is 16.2 Å². The number of rotatable bonds is 17. The van der Waals surface area contributed by atoms with Crippen molar-refractivity contribution in [1.82, 2.24) is 10.2 Å². The first-order chi connectivity index (χ1) is 17.5. The quantitative estimate of drug-likeness (QED) is 0.159. The van der Waals surface area contributed by atoms with Gasteiger partial charge in [-0.2, -0.15) is 0 Å². The fourth-order valence-electron chi connectivity index (χ4n) is 4.09. The maximum absolute atomic E-state index is 13.6. The van der Waals surface area contributed by atoms with Crippen LogP contribution in [0, 0.1) is 11.3 Å². The average Bonchev–Trinajstić information content (AvgIpc) is 2.84. The van der Waals surface area contributed by atoms with Gasteiger partial charge in [0.2, 0.25) is 11.8 Å². The molecule has 2 amide bonds. The number of carboxylic acids is 1. The van der Waals surface area contributed by atoms with E-state index < -0.39 is 17.3 Å². The average molecular weight is 592 g/mol. The zero-order valence-electron chi connectivity index (χ0n) is 23.9. The van der Waals surface area contributed by atoms with Crippen molar-refractivity contribution in [1.29, 1.82) is 0 Å². The van der Waals surface area contributed by atoms with Gasteiger partial charge in [0.05, 0.1) is 18.4 Å². The summed E-state index contributed by atoms with van der Waals surface area (Å²) in [5, 5.41) is 12.9. The molecule has 0 heterocycles. The summed E-state index contributed by atoms with van der Waals surface area (Å²) in [7, 11) is 1.47. The number of hydrogen-bond donors (Lipinski definition) is 4. The number of nitrogens with zero attached hydrogens (tertiary/aromatic N) is 1. The third-order valence-corrected chi connectivity index (χ3v) is 6.27. The third-order valence-electron chi connectivity index (χ3n) is 6.27. The number of nitrogens with one attached hydrogen (secondary N) is 1. The van der Waals surface area contributed by atoms with E-state index in [0.29, 0.717) is 30.2 Å². The SMILES string of the molecule is COc1cc(CNC(=O)CCCC/C=C/C(C)C)ccc1C(C(=O)N(CCN)CCN)C(C)(C)C(=O)O.Cl.Cl. The van der Waals surface area contributed by atoms with Crippen LogP contribution >= 0.6 is 24.8 Å².